The fraction of sp³-hybridized carbons (Fsp3) is 0.286. The van der Waals surface area contributed by atoms with E-state index in [0.717, 1.165) is 49.3 Å². The summed E-state index contributed by atoms with van der Waals surface area (Å²) in [4.78, 5) is 17.9. The van der Waals surface area contributed by atoms with Gasteiger partial charge in [-0.1, -0.05) is 60.7 Å². The van der Waals surface area contributed by atoms with Crippen molar-refractivity contribution in [2.45, 2.75) is 31.3 Å². The van der Waals surface area contributed by atoms with Crippen LogP contribution in [0.1, 0.15) is 40.6 Å². The molecule has 1 amide bonds. The zero-order valence-electron chi connectivity index (χ0n) is 24.8. The van der Waals surface area contributed by atoms with E-state index in [4.69, 9.17) is 9.47 Å². The Labute approximate surface area is 256 Å². The molecule has 0 radical (unpaired) electrons. The first-order valence-corrected chi connectivity index (χ1v) is 14.5. The van der Waals surface area contributed by atoms with E-state index >= 15 is 0 Å². The molecule has 0 bridgehead atoms. The van der Waals surface area contributed by atoms with Crippen LogP contribution in [0, 0.1) is 0 Å². The van der Waals surface area contributed by atoms with Gasteiger partial charge in [-0.15, -0.1) is 0 Å². The van der Waals surface area contributed by atoms with Crippen LogP contribution in [-0.4, -0.2) is 50.9 Å². The Bertz CT molecular complexity index is 1500. The number of hydrogen-bond donors (Lipinski definition) is 1. The smallest absolute Gasteiger partial charge is 0.372 e. The number of nitrogens with zero attached hydrogens (tertiary/aromatic N) is 2. The molecule has 0 aromatic heterocycles. The van der Waals surface area contributed by atoms with Crippen molar-refractivity contribution in [1.29, 1.82) is 0 Å². The molecule has 1 aliphatic heterocycles. The number of rotatable bonds is 10. The van der Waals surface area contributed by atoms with Gasteiger partial charge < -0.3 is 19.7 Å². The maximum Gasteiger partial charge on any atom is 0.416 e. The van der Waals surface area contributed by atoms with Crippen LogP contribution in [0.15, 0.2) is 103 Å². The number of hydrogen-bond acceptors (Lipinski definition) is 5. The first kappa shape index (κ1) is 31.3. The third-order valence-corrected chi connectivity index (χ3v) is 8.03. The lowest BCUT2D eigenvalue weighted by Gasteiger charge is -2.41. The minimum absolute atomic E-state index is 0.158. The zero-order valence-corrected chi connectivity index (χ0v) is 24.8. The average Bonchev–Trinajstić information content (AvgIpc) is 3.05. The number of nitrogens with one attached hydrogen (secondary N) is 1. The van der Waals surface area contributed by atoms with E-state index in [-0.39, 0.29) is 18.9 Å². The molecule has 0 saturated carbocycles. The van der Waals surface area contributed by atoms with Crippen LogP contribution in [0.2, 0.25) is 0 Å². The van der Waals surface area contributed by atoms with Gasteiger partial charge in [0.25, 0.3) is 5.91 Å². The van der Waals surface area contributed by atoms with Crippen molar-refractivity contribution in [2.75, 3.05) is 44.3 Å². The standard InChI is InChI=1S/C35H36F3N3O3/c1-40(30-20-22-41(23-21-30)34(44-24-43-2)26-8-4-3-5-9-26)29-18-16-28(17-19-29)39-33(42)32-11-7-6-10-31(32)25-12-14-27(15-13-25)35(36,37)38/h3-19,30,34H,20-24H2,1-2H3,(H,39,42). The zero-order chi connectivity index (χ0) is 31.1. The highest BCUT2D eigenvalue weighted by Gasteiger charge is 2.30. The van der Waals surface area contributed by atoms with Crippen LogP contribution in [0.5, 0.6) is 0 Å². The summed E-state index contributed by atoms with van der Waals surface area (Å²) in [5.41, 5.74) is 3.52. The van der Waals surface area contributed by atoms with E-state index < -0.39 is 11.7 Å². The Morgan fingerprint density at radius 3 is 2.18 bits per heavy atom. The van der Waals surface area contributed by atoms with Gasteiger partial charge in [0.2, 0.25) is 0 Å². The molecule has 1 heterocycles. The van der Waals surface area contributed by atoms with E-state index in [1.54, 1.807) is 31.4 Å². The Balaban J connectivity index is 1.20. The van der Waals surface area contributed by atoms with E-state index in [2.05, 4.69) is 34.3 Å². The van der Waals surface area contributed by atoms with Crippen molar-refractivity contribution in [3.05, 3.63) is 120 Å². The molecule has 0 aliphatic carbocycles. The average molecular weight is 604 g/mol. The Morgan fingerprint density at radius 2 is 1.55 bits per heavy atom. The highest BCUT2D eigenvalue weighted by atomic mass is 19.4. The molecule has 1 saturated heterocycles. The monoisotopic (exact) mass is 603 g/mol. The number of anilines is 2. The molecular formula is C35H36F3N3O3. The minimum Gasteiger partial charge on any atom is -0.372 e. The third kappa shape index (κ3) is 7.48. The molecule has 4 aromatic carbocycles. The van der Waals surface area contributed by atoms with Crippen molar-refractivity contribution < 1.29 is 27.4 Å². The van der Waals surface area contributed by atoms with Crippen LogP contribution in [0.25, 0.3) is 11.1 Å². The Morgan fingerprint density at radius 1 is 0.909 bits per heavy atom. The van der Waals surface area contributed by atoms with Gasteiger partial charge in [0, 0.05) is 50.2 Å². The molecule has 1 aliphatic rings. The largest absolute Gasteiger partial charge is 0.416 e. The maximum atomic E-state index is 13.2. The van der Waals surface area contributed by atoms with Crippen LogP contribution in [-0.2, 0) is 15.7 Å². The van der Waals surface area contributed by atoms with E-state index in [1.807, 2.05) is 42.5 Å². The first-order valence-electron chi connectivity index (χ1n) is 14.5. The third-order valence-electron chi connectivity index (χ3n) is 8.03. The number of benzene rings is 4. The van der Waals surface area contributed by atoms with Gasteiger partial charge in [0.05, 0.1) is 5.56 Å². The summed E-state index contributed by atoms with van der Waals surface area (Å²) in [5.74, 6) is -0.336. The summed E-state index contributed by atoms with van der Waals surface area (Å²) >= 11 is 0. The summed E-state index contributed by atoms with van der Waals surface area (Å²) in [6.45, 7) is 1.98. The van der Waals surface area contributed by atoms with Crippen LogP contribution in [0.4, 0.5) is 24.5 Å². The number of likely N-dealkylation sites (tertiary alicyclic amines) is 1. The summed E-state index contributed by atoms with van der Waals surface area (Å²) in [7, 11) is 3.71. The van der Waals surface area contributed by atoms with Gasteiger partial charge in [-0.3, -0.25) is 9.69 Å². The Kier molecular flexibility index (Phi) is 9.99. The molecule has 0 spiro atoms. The molecule has 230 valence electrons. The number of amides is 1. The van der Waals surface area contributed by atoms with Crippen LogP contribution < -0.4 is 10.2 Å². The molecule has 1 fully saturated rings. The molecule has 9 heteroatoms. The van der Waals surface area contributed by atoms with Gasteiger partial charge >= 0.3 is 6.18 Å². The van der Waals surface area contributed by atoms with Crippen molar-refractivity contribution in [2.24, 2.45) is 0 Å². The molecule has 1 N–H and O–H groups in total. The highest BCUT2D eigenvalue weighted by Crippen LogP contribution is 2.33. The summed E-state index contributed by atoms with van der Waals surface area (Å²) in [6.07, 6.45) is -2.64. The second-order valence-electron chi connectivity index (χ2n) is 10.8. The lowest BCUT2D eigenvalue weighted by atomic mass is 9.98. The number of piperidine rings is 1. The van der Waals surface area contributed by atoms with Crippen molar-refractivity contribution in [3.8, 4) is 11.1 Å². The lowest BCUT2D eigenvalue weighted by molar-refractivity contribution is -0.139. The lowest BCUT2D eigenvalue weighted by Crippen LogP contribution is -2.45. The molecule has 1 atom stereocenters. The fourth-order valence-corrected chi connectivity index (χ4v) is 5.63. The topological polar surface area (TPSA) is 54.0 Å². The van der Waals surface area contributed by atoms with Gasteiger partial charge in [0.1, 0.15) is 13.0 Å². The predicted octanol–water partition coefficient (Wildman–Crippen LogP) is 7.84. The van der Waals surface area contributed by atoms with E-state index in [1.165, 1.54) is 12.1 Å². The number of halogens is 3. The number of methoxy groups -OCH3 is 1. The van der Waals surface area contributed by atoms with Gasteiger partial charge in [0.15, 0.2) is 0 Å². The Hall–Kier alpha value is -4.18. The van der Waals surface area contributed by atoms with Crippen molar-refractivity contribution in [1.82, 2.24) is 4.90 Å². The van der Waals surface area contributed by atoms with Crippen molar-refractivity contribution in [3.63, 3.8) is 0 Å². The normalized spacial score (nSPS) is 15.1. The maximum absolute atomic E-state index is 13.2. The fourth-order valence-electron chi connectivity index (χ4n) is 5.63. The molecule has 4 aromatic rings. The van der Waals surface area contributed by atoms with E-state index in [9.17, 15) is 18.0 Å². The van der Waals surface area contributed by atoms with Gasteiger partial charge in [-0.05, 0) is 72.0 Å². The predicted molar refractivity (Wildman–Crippen MR) is 166 cm³/mol. The quantitative estimate of drug-likeness (QED) is 0.187. The number of alkyl halides is 3. The number of carbonyl (C=O) groups is 1. The minimum atomic E-state index is -4.42. The molecular weight excluding hydrogens is 567 g/mol. The molecule has 1 unspecified atom stereocenters. The van der Waals surface area contributed by atoms with E-state index in [0.29, 0.717) is 28.4 Å². The summed E-state index contributed by atoms with van der Waals surface area (Å²) in [5, 5.41) is 2.93. The summed E-state index contributed by atoms with van der Waals surface area (Å²) in [6, 6.07) is 29.9. The SMILES string of the molecule is COCOC(c1ccccc1)N1CCC(N(C)c2ccc(NC(=O)c3ccccc3-c3ccc(C(F)(F)F)cc3)cc2)CC1. The van der Waals surface area contributed by atoms with Gasteiger partial charge in [-0.25, -0.2) is 0 Å². The second kappa shape index (κ2) is 14.1. The van der Waals surface area contributed by atoms with Crippen molar-refractivity contribution >= 4 is 17.3 Å². The number of ether oxygens (including phenoxy) is 2. The number of carbonyl (C=O) groups excluding carboxylic acids is 1. The van der Waals surface area contributed by atoms with Gasteiger partial charge in [-0.2, -0.15) is 13.2 Å². The molecule has 6 nitrogen and oxygen atoms in total. The molecule has 5 rings (SSSR count). The van der Waals surface area contributed by atoms with Crippen LogP contribution >= 0.6 is 0 Å². The first-order chi connectivity index (χ1) is 21.2. The van der Waals surface area contributed by atoms with Crippen LogP contribution in [0.3, 0.4) is 0 Å². The summed E-state index contributed by atoms with van der Waals surface area (Å²) < 4.78 is 50.3. The second-order valence-corrected chi connectivity index (χ2v) is 10.8. The highest BCUT2D eigenvalue weighted by molar-refractivity contribution is 6.08. The molecule has 44 heavy (non-hydrogen) atoms.